The fourth-order valence-electron chi connectivity index (χ4n) is 1.97. The van der Waals surface area contributed by atoms with Crippen molar-refractivity contribution >= 4 is 11.9 Å². The third-order valence-corrected chi connectivity index (χ3v) is 2.87. The van der Waals surface area contributed by atoms with Gasteiger partial charge in [0, 0.05) is 0 Å². The molecule has 70 valence electrons. The van der Waals surface area contributed by atoms with Gasteiger partial charge in [-0.1, -0.05) is 12.2 Å². The van der Waals surface area contributed by atoms with E-state index in [0.29, 0.717) is 12.8 Å². The van der Waals surface area contributed by atoms with Gasteiger partial charge in [-0.3, -0.25) is 9.59 Å². The molecule has 1 aliphatic heterocycles. The molecule has 1 N–H and O–H groups in total. The number of fused-ring (bicyclic) bond motifs is 1. The van der Waals surface area contributed by atoms with Crippen LogP contribution in [0.4, 0.5) is 0 Å². The number of allylic oxidation sites excluding steroid dienone is 2. The highest BCUT2D eigenvalue weighted by atomic mass is 16.5. The standard InChI is InChI=1S/C9H10O4/c10-7-6-3-1-2-4-9(6,5-13-7)8(11)12/h1-2,6H,3-5H2,(H,11,12)/t6-,9-/m0/s1. The predicted molar refractivity (Wildman–Crippen MR) is 42.9 cm³/mol. The highest BCUT2D eigenvalue weighted by Gasteiger charge is 2.55. The normalized spacial score (nSPS) is 36.9. The summed E-state index contributed by atoms with van der Waals surface area (Å²) in [5.74, 6) is -1.77. The molecule has 13 heavy (non-hydrogen) atoms. The molecule has 0 radical (unpaired) electrons. The molecule has 1 heterocycles. The number of carbonyl (C=O) groups excluding carboxylic acids is 1. The number of hydrogen-bond donors (Lipinski definition) is 1. The molecule has 4 heteroatoms. The van der Waals surface area contributed by atoms with Crippen LogP contribution in [0.3, 0.4) is 0 Å². The van der Waals surface area contributed by atoms with E-state index in [2.05, 4.69) is 0 Å². The van der Waals surface area contributed by atoms with Crippen LogP contribution >= 0.6 is 0 Å². The van der Waals surface area contributed by atoms with Crippen molar-refractivity contribution in [3.63, 3.8) is 0 Å². The average molecular weight is 182 g/mol. The van der Waals surface area contributed by atoms with Gasteiger partial charge in [0.15, 0.2) is 0 Å². The van der Waals surface area contributed by atoms with Gasteiger partial charge in [0.2, 0.25) is 0 Å². The number of cyclic esters (lactones) is 1. The number of carbonyl (C=O) groups is 2. The quantitative estimate of drug-likeness (QED) is 0.476. The maximum absolute atomic E-state index is 11.2. The second-order valence-corrected chi connectivity index (χ2v) is 3.53. The molecule has 2 aliphatic rings. The smallest absolute Gasteiger partial charge is 0.314 e. The summed E-state index contributed by atoms with van der Waals surface area (Å²) in [5.41, 5.74) is -0.980. The van der Waals surface area contributed by atoms with Gasteiger partial charge in [0.05, 0.1) is 5.92 Å². The van der Waals surface area contributed by atoms with Gasteiger partial charge in [-0.15, -0.1) is 0 Å². The molecule has 1 aliphatic carbocycles. The van der Waals surface area contributed by atoms with Crippen LogP contribution in [0.1, 0.15) is 12.8 Å². The molecule has 0 aromatic heterocycles. The number of ether oxygens (including phenoxy) is 1. The lowest BCUT2D eigenvalue weighted by molar-refractivity contribution is -0.152. The van der Waals surface area contributed by atoms with Crippen LogP contribution in [-0.4, -0.2) is 23.7 Å². The fourth-order valence-corrected chi connectivity index (χ4v) is 1.97. The SMILES string of the molecule is O=C1OC[C@@]2(C(=O)O)CC=CC[C@@H]12. The van der Waals surface area contributed by atoms with Gasteiger partial charge < -0.3 is 9.84 Å². The van der Waals surface area contributed by atoms with Crippen molar-refractivity contribution < 1.29 is 19.4 Å². The number of carboxylic acid groups (broad SMARTS) is 1. The van der Waals surface area contributed by atoms with Gasteiger partial charge in [0.1, 0.15) is 12.0 Å². The summed E-state index contributed by atoms with van der Waals surface area (Å²) < 4.78 is 4.80. The largest absolute Gasteiger partial charge is 0.481 e. The molecule has 2 rings (SSSR count). The zero-order chi connectivity index (χ0) is 9.47. The van der Waals surface area contributed by atoms with E-state index in [0.717, 1.165) is 0 Å². The molecule has 1 fully saturated rings. The number of rotatable bonds is 1. The van der Waals surface area contributed by atoms with Crippen LogP contribution < -0.4 is 0 Å². The molecule has 0 aromatic rings. The Hall–Kier alpha value is -1.32. The molecule has 0 aromatic carbocycles. The van der Waals surface area contributed by atoms with Gasteiger partial charge >= 0.3 is 11.9 Å². The van der Waals surface area contributed by atoms with Crippen LogP contribution in [0.2, 0.25) is 0 Å². The van der Waals surface area contributed by atoms with E-state index in [-0.39, 0.29) is 12.6 Å². The fraction of sp³-hybridized carbons (Fsp3) is 0.556. The first-order valence-electron chi connectivity index (χ1n) is 4.22. The van der Waals surface area contributed by atoms with Crippen LogP contribution in [0, 0.1) is 11.3 Å². The van der Waals surface area contributed by atoms with Crippen molar-refractivity contribution in [3.05, 3.63) is 12.2 Å². The summed E-state index contributed by atoms with van der Waals surface area (Å²) in [6, 6.07) is 0. The summed E-state index contributed by atoms with van der Waals surface area (Å²) in [6.07, 6.45) is 4.55. The molecule has 2 atom stereocenters. The summed E-state index contributed by atoms with van der Waals surface area (Å²) in [5, 5.41) is 9.05. The maximum Gasteiger partial charge on any atom is 0.314 e. The van der Waals surface area contributed by atoms with Crippen LogP contribution in [-0.2, 0) is 14.3 Å². The van der Waals surface area contributed by atoms with Crippen LogP contribution in [0.15, 0.2) is 12.2 Å². The first-order chi connectivity index (χ1) is 6.17. The monoisotopic (exact) mass is 182 g/mol. The predicted octanol–water partition coefficient (Wildman–Crippen LogP) is 0.580. The van der Waals surface area contributed by atoms with Crippen LogP contribution in [0.5, 0.6) is 0 Å². The van der Waals surface area contributed by atoms with E-state index in [1.54, 1.807) is 0 Å². The average Bonchev–Trinajstić information content (AvgIpc) is 2.46. The number of esters is 1. The summed E-state index contributed by atoms with van der Waals surface area (Å²) in [4.78, 5) is 22.2. The van der Waals surface area contributed by atoms with E-state index in [4.69, 9.17) is 9.84 Å². The van der Waals surface area contributed by atoms with Crippen molar-refractivity contribution in [1.29, 1.82) is 0 Å². The van der Waals surface area contributed by atoms with E-state index in [1.807, 2.05) is 12.2 Å². The van der Waals surface area contributed by atoms with Crippen molar-refractivity contribution in [1.82, 2.24) is 0 Å². The Balaban J connectivity index is 2.38. The number of hydrogen-bond acceptors (Lipinski definition) is 3. The second-order valence-electron chi connectivity index (χ2n) is 3.53. The van der Waals surface area contributed by atoms with E-state index < -0.39 is 17.3 Å². The van der Waals surface area contributed by atoms with Gasteiger partial charge in [0.25, 0.3) is 0 Å². The van der Waals surface area contributed by atoms with Crippen molar-refractivity contribution in [2.45, 2.75) is 12.8 Å². The van der Waals surface area contributed by atoms with Gasteiger partial charge in [-0.2, -0.15) is 0 Å². The molecule has 0 saturated carbocycles. The topological polar surface area (TPSA) is 63.6 Å². The van der Waals surface area contributed by atoms with Crippen molar-refractivity contribution in [2.75, 3.05) is 6.61 Å². The molecule has 4 nitrogen and oxygen atoms in total. The third-order valence-electron chi connectivity index (χ3n) is 2.87. The van der Waals surface area contributed by atoms with E-state index in [9.17, 15) is 9.59 Å². The minimum absolute atomic E-state index is 0.0240. The Labute approximate surface area is 75.2 Å². The summed E-state index contributed by atoms with van der Waals surface area (Å²) >= 11 is 0. The molecule has 0 amide bonds. The lowest BCUT2D eigenvalue weighted by Crippen LogP contribution is -2.39. The highest BCUT2D eigenvalue weighted by molar-refractivity contribution is 5.88. The van der Waals surface area contributed by atoms with Gasteiger partial charge in [-0.25, -0.2) is 0 Å². The molecular weight excluding hydrogens is 172 g/mol. The minimum atomic E-state index is -0.980. The molecule has 1 saturated heterocycles. The molecule has 0 unspecified atom stereocenters. The van der Waals surface area contributed by atoms with E-state index >= 15 is 0 Å². The zero-order valence-electron chi connectivity index (χ0n) is 7.03. The van der Waals surface area contributed by atoms with Crippen molar-refractivity contribution in [2.24, 2.45) is 11.3 Å². The highest BCUT2D eigenvalue weighted by Crippen LogP contribution is 2.43. The van der Waals surface area contributed by atoms with Gasteiger partial charge in [-0.05, 0) is 12.8 Å². The first kappa shape index (κ1) is 8.29. The molecule has 0 bridgehead atoms. The minimum Gasteiger partial charge on any atom is -0.481 e. The van der Waals surface area contributed by atoms with Crippen molar-refractivity contribution in [3.8, 4) is 0 Å². The zero-order valence-corrected chi connectivity index (χ0v) is 7.03. The number of carboxylic acids is 1. The molecular formula is C9H10O4. The van der Waals surface area contributed by atoms with Crippen LogP contribution in [0.25, 0.3) is 0 Å². The number of aliphatic carboxylic acids is 1. The first-order valence-corrected chi connectivity index (χ1v) is 4.22. The maximum atomic E-state index is 11.2. The van der Waals surface area contributed by atoms with E-state index in [1.165, 1.54) is 0 Å². The second kappa shape index (κ2) is 2.58. The Morgan fingerprint density at radius 1 is 1.62 bits per heavy atom. The summed E-state index contributed by atoms with van der Waals surface area (Å²) in [6.45, 7) is 0.0240. The lowest BCUT2D eigenvalue weighted by Gasteiger charge is -2.27. The molecule has 0 spiro atoms. The lowest BCUT2D eigenvalue weighted by atomic mass is 9.71. The summed E-state index contributed by atoms with van der Waals surface area (Å²) in [7, 11) is 0. The Kier molecular flexibility index (Phi) is 1.65. The third kappa shape index (κ3) is 0.978. The Bertz CT molecular complexity index is 294. The Morgan fingerprint density at radius 3 is 3.00 bits per heavy atom. The Morgan fingerprint density at radius 2 is 2.38 bits per heavy atom.